The number of aliphatic imine (C=N–C) groups is 1. The van der Waals surface area contributed by atoms with Crippen LogP contribution in [0.1, 0.15) is 44.9 Å². The van der Waals surface area contributed by atoms with Crippen LogP contribution in [0.25, 0.3) is 0 Å². The largest absolute Gasteiger partial charge is 0.363 e. The third-order valence-corrected chi connectivity index (χ3v) is 8.80. The van der Waals surface area contributed by atoms with Crippen LogP contribution in [-0.4, -0.2) is 73.7 Å². The van der Waals surface area contributed by atoms with Crippen LogP contribution in [0.4, 0.5) is 5.00 Å². The van der Waals surface area contributed by atoms with Crippen LogP contribution in [0, 0.1) is 0 Å². The number of anilines is 1. The van der Waals surface area contributed by atoms with Gasteiger partial charge in [0.25, 0.3) is 0 Å². The number of nitrogens with zero attached hydrogens (tertiary/aromatic N) is 3. The number of thiophene rings is 1. The molecule has 30 heavy (non-hydrogen) atoms. The number of guanidine groups is 1. The van der Waals surface area contributed by atoms with Crippen molar-refractivity contribution in [1.82, 2.24) is 15.5 Å². The fourth-order valence-electron chi connectivity index (χ4n) is 5.18. The number of hydrogen-bond donors (Lipinski definition) is 2. The molecule has 2 saturated heterocycles. The zero-order valence-corrected chi connectivity index (χ0v) is 22.2. The highest BCUT2D eigenvalue weighted by Crippen LogP contribution is 2.35. The van der Waals surface area contributed by atoms with E-state index in [2.05, 4.69) is 54.7 Å². The van der Waals surface area contributed by atoms with E-state index in [4.69, 9.17) is 0 Å². The molecule has 0 atom stereocenters. The Bertz CT molecular complexity index is 634. The van der Waals surface area contributed by atoms with Gasteiger partial charge in [-0.2, -0.15) is 11.8 Å². The van der Waals surface area contributed by atoms with Crippen molar-refractivity contribution in [1.29, 1.82) is 0 Å². The SMILES string of the molecule is CN=C(NCC1(N2CCSCC2)CCCCC1)NC1CCN(c2cccs2)CC1.I. The first kappa shape index (κ1) is 24.5. The second-order valence-electron chi connectivity index (χ2n) is 8.67. The Labute approximate surface area is 207 Å². The molecule has 0 amide bonds. The van der Waals surface area contributed by atoms with Gasteiger partial charge in [-0.05, 0) is 43.2 Å². The van der Waals surface area contributed by atoms with Crippen molar-refractivity contribution in [2.75, 3.05) is 56.2 Å². The van der Waals surface area contributed by atoms with E-state index in [1.165, 1.54) is 74.5 Å². The Morgan fingerprint density at radius 2 is 1.87 bits per heavy atom. The van der Waals surface area contributed by atoms with E-state index in [9.17, 15) is 0 Å². The van der Waals surface area contributed by atoms with Crippen LogP contribution in [0.2, 0.25) is 0 Å². The molecule has 3 heterocycles. The van der Waals surface area contributed by atoms with Gasteiger partial charge in [0, 0.05) is 62.9 Å². The second kappa shape index (κ2) is 12.2. The highest BCUT2D eigenvalue weighted by Gasteiger charge is 2.38. The first-order valence-electron chi connectivity index (χ1n) is 11.4. The van der Waals surface area contributed by atoms with Gasteiger partial charge in [-0.15, -0.1) is 35.3 Å². The number of rotatable bonds is 5. The Hall–Kier alpha value is -0.190. The number of halogens is 1. The Morgan fingerprint density at radius 3 is 2.50 bits per heavy atom. The molecule has 5 nitrogen and oxygen atoms in total. The van der Waals surface area contributed by atoms with Gasteiger partial charge in [-0.3, -0.25) is 9.89 Å². The van der Waals surface area contributed by atoms with E-state index in [0.29, 0.717) is 11.6 Å². The van der Waals surface area contributed by atoms with E-state index in [1.54, 1.807) is 0 Å². The van der Waals surface area contributed by atoms with Gasteiger partial charge in [0.15, 0.2) is 5.96 Å². The van der Waals surface area contributed by atoms with Crippen molar-refractivity contribution >= 4 is 58.0 Å². The van der Waals surface area contributed by atoms with Crippen molar-refractivity contribution in [2.45, 2.75) is 56.5 Å². The highest BCUT2D eigenvalue weighted by molar-refractivity contribution is 14.0. The average Bonchev–Trinajstić information content (AvgIpc) is 3.33. The van der Waals surface area contributed by atoms with Crippen molar-refractivity contribution in [3.63, 3.8) is 0 Å². The Kier molecular flexibility index (Phi) is 9.91. The molecule has 8 heteroatoms. The molecule has 1 saturated carbocycles. The van der Waals surface area contributed by atoms with Crippen molar-refractivity contribution in [2.24, 2.45) is 4.99 Å². The maximum Gasteiger partial charge on any atom is 0.191 e. The van der Waals surface area contributed by atoms with Gasteiger partial charge in [0.1, 0.15) is 0 Å². The van der Waals surface area contributed by atoms with Crippen LogP contribution in [0.3, 0.4) is 0 Å². The first-order chi connectivity index (χ1) is 14.3. The Morgan fingerprint density at radius 1 is 1.13 bits per heavy atom. The number of nitrogens with one attached hydrogen (secondary N) is 2. The molecule has 0 spiro atoms. The maximum absolute atomic E-state index is 4.57. The van der Waals surface area contributed by atoms with Crippen LogP contribution in [-0.2, 0) is 0 Å². The minimum Gasteiger partial charge on any atom is -0.363 e. The summed E-state index contributed by atoms with van der Waals surface area (Å²) in [6.07, 6.45) is 9.17. The predicted molar refractivity (Wildman–Crippen MR) is 144 cm³/mol. The molecule has 0 radical (unpaired) electrons. The standard InChI is InChI=1S/C22H37N5S2.HI/c1-23-21(25-19-7-11-26(12-8-19)20-6-5-15-29-20)24-18-22(9-3-2-4-10-22)27-13-16-28-17-14-27;/h5-6,15,19H,2-4,7-14,16-18H2,1H3,(H2,23,24,25);1H. The molecule has 0 aromatic carbocycles. The van der Waals surface area contributed by atoms with Gasteiger partial charge < -0.3 is 15.5 Å². The third kappa shape index (κ3) is 6.19. The lowest BCUT2D eigenvalue weighted by atomic mass is 9.80. The van der Waals surface area contributed by atoms with Crippen molar-refractivity contribution < 1.29 is 0 Å². The molecule has 0 bridgehead atoms. The molecule has 1 aliphatic carbocycles. The van der Waals surface area contributed by atoms with Crippen LogP contribution in [0.15, 0.2) is 22.5 Å². The summed E-state index contributed by atoms with van der Waals surface area (Å²) in [5.74, 6) is 3.57. The summed E-state index contributed by atoms with van der Waals surface area (Å²) in [6.45, 7) is 5.79. The number of piperidine rings is 1. The van der Waals surface area contributed by atoms with Gasteiger partial charge in [0.05, 0.1) is 5.00 Å². The smallest absolute Gasteiger partial charge is 0.191 e. The summed E-state index contributed by atoms with van der Waals surface area (Å²) in [7, 11) is 1.92. The lowest BCUT2D eigenvalue weighted by Gasteiger charge is -2.48. The molecular weight excluding hydrogens is 525 g/mol. The topological polar surface area (TPSA) is 42.9 Å². The quantitative estimate of drug-likeness (QED) is 0.319. The number of hydrogen-bond acceptors (Lipinski definition) is 5. The summed E-state index contributed by atoms with van der Waals surface area (Å²) < 4.78 is 0. The van der Waals surface area contributed by atoms with Gasteiger partial charge >= 0.3 is 0 Å². The zero-order chi connectivity index (χ0) is 19.9. The zero-order valence-electron chi connectivity index (χ0n) is 18.3. The first-order valence-corrected chi connectivity index (χ1v) is 13.4. The average molecular weight is 564 g/mol. The van der Waals surface area contributed by atoms with Gasteiger partial charge in [-0.1, -0.05) is 19.3 Å². The van der Waals surface area contributed by atoms with E-state index in [0.717, 1.165) is 25.6 Å². The molecule has 1 aromatic heterocycles. The molecule has 4 rings (SSSR count). The lowest BCUT2D eigenvalue weighted by Crippen LogP contribution is -2.60. The fraction of sp³-hybridized carbons (Fsp3) is 0.773. The maximum atomic E-state index is 4.57. The minimum absolute atomic E-state index is 0. The fourth-order valence-corrected chi connectivity index (χ4v) is 6.87. The minimum atomic E-state index is 0. The van der Waals surface area contributed by atoms with Crippen LogP contribution >= 0.6 is 47.1 Å². The Balaban J connectivity index is 0.00000256. The number of thioether (sulfide) groups is 1. The summed E-state index contributed by atoms with van der Waals surface area (Å²) in [6, 6.07) is 4.91. The molecule has 2 aliphatic heterocycles. The van der Waals surface area contributed by atoms with Gasteiger partial charge in [0.2, 0.25) is 0 Å². The van der Waals surface area contributed by atoms with Gasteiger partial charge in [-0.25, -0.2) is 0 Å². The molecule has 2 N–H and O–H groups in total. The molecule has 170 valence electrons. The predicted octanol–water partition coefficient (Wildman–Crippen LogP) is 4.25. The molecule has 0 unspecified atom stereocenters. The van der Waals surface area contributed by atoms with E-state index >= 15 is 0 Å². The van der Waals surface area contributed by atoms with Crippen molar-refractivity contribution in [3.05, 3.63) is 17.5 Å². The molecule has 3 fully saturated rings. The van der Waals surface area contributed by atoms with E-state index in [1.807, 2.05) is 18.4 Å². The molecule has 3 aliphatic rings. The summed E-state index contributed by atoms with van der Waals surface area (Å²) >= 11 is 3.96. The highest BCUT2D eigenvalue weighted by atomic mass is 127. The van der Waals surface area contributed by atoms with Crippen LogP contribution < -0.4 is 15.5 Å². The molecular formula is C22H38IN5S2. The van der Waals surface area contributed by atoms with Crippen LogP contribution in [0.5, 0.6) is 0 Å². The summed E-state index contributed by atoms with van der Waals surface area (Å²) in [5.41, 5.74) is 0.333. The normalized spacial score (nSPS) is 23.6. The van der Waals surface area contributed by atoms with Crippen molar-refractivity contribution in [3.8, 4) is 0 Å². The lowest BCUT2D eigenvalue weighted by molar-refractivity contribution is 0.0625. The second-order valence-corrected chi connectivity index (χ2v) is 10.8. The third-order valence-electron chi connectivity index (χ3n) is 6.93. The summed E-state index contributed by atoms with van der Waals surface area (Å²) in [4.78, 5) is 9.88. The summed E-state index contributed by atoms with van der Waals surface area (Å²) in [5, 5.41) is 11.0. The molecule has 1 aromatic rings. The monoisotopic (exact) mass is 563 g/mol. The van der Waals surface area contributed by atoms with E-state index < -0.39 is 0 Å². The van der Waals surface area contributed by atoms with E-state index in [-0.39, 0.29) is 24.0 Å².